The Hall–Kier alpha value is -3.55. The molecule has 1 saturated heterocycles. The lowest BCUT2D eigenvalue weighted by atomic mass is 9.96. The standard InChI is InChI=1S/C24H31N5O3/c1-3-17-5-7-19(8-6-17)26-23(31)27-20-9-11-21(12-10-20)28-24(32)29-15-13-18(14-16-29)22(30)25-4-2/h5-12,18H,3-4,13-16H2,1-2H3,(H,25,30)(H,28,32)(H2,26,27,31). The summed E-state index contributed by atoms with van der Waals surface area (Å²) in [7, 11) is 0. The minimum absolute atomic E-state index is 0.0277. The van der Waals surface area contributed by atoms with E-state index < -0.39 is 0 Å². The molecule has 0 radical (unpaired) electrons. The fourth-order valence-electron chi connectivity index (χ4n) is 3.62. The highest BCUT2D eigenvalue weighted by Crippen LogP contribution is 2.20. The van der Waals surface area contributed by atoms with E-state index >= 15 is 0 Å². The van der Waals surface area contributed by atoms with E-state index in [9.17, 15) is 14.4 Å². The number of anilines is 3. The van der Waals surface area contributed by atoms with Crippen molar-refractivity contribution >= 4 is 35.0 Å². The van der Waals surface area contributed by atoms with Crippen LogP contribution in [-0.2, 0) is 11.2 Å². The van der Waals surface area contributed by atoms with Crippen LogP contribution in [0.4, 0.5) is 26.7 Å². The average Bonchev–Trinajstić information content (AvgIpc) is 2.81. The molecule has 1 heterocycles. The van der Waals surface area contributed by atoms with E-state index in [0.29, 0.717) is 43.9 Å². The molecule has 0 spiro atoms. The lowest BCUT2D eigenvalue weighted by Crippen LogP contribution is -2.44. The molecule has 1 aliphatic heterocycles. The molecular formula is C24H31N5O3. The number of urea groups is 2. The fourth-order valence-corrected chi connectivity index (χ4v) is 3.62. The number of hydrogen-bond donors (Lipinski definition) is 4. The molecule has 1 fully saturated rings. The molecule has 8 heteroatoms. The second-order valence-electron chi connectivity index (χ2n) is 7.79. The Morgan fingerprint density at radius 3 is 1.81 bits per heavy atom. The maximum atomic E-state index is 12.5. The second kappa shape index (κ2) is 11.2. The van der Waals surface area contributed by atoms with Gasteiger partial charge >= 0.3 is 12.1 Å². The molecule has 0 atom stereocenters. The molecule has 32 heavy (non-hydrogen) atoms. The summed E-state index contributed by atoms with van der Waals surface area (Å²) in [5.74, 6) is 0.0396. The predicted octanol–water partition coefficient (Wildman–Crippen LogP) is 4.27. The Balaban J connectivity index is 1.45. The molecule has 0 saturated carbocycles. The highest BCUT2D eigenvalue weighted by atomic mass is 16.2. The Morgan fingerprint density at radius 1 is 0.812 bits per heavy atom. The van der Waals surface area contributed by atoms with Crippen molar-refractivity contribution in [3.8, 4) is 0 Å². The van der Waals surface area contributed by atoms with Gasteiger partial charge in [0.2, 0.25) is 5.91 Å². The summed E-state index contributed by atoms with van der Waals surface area (Å²) in [4.78, 5) is 38.4. The smallest absolute Gasteiger partial charge is 0.323 e. The van der Waals surface area contributed by atoms with Gasteiger partial charge in [-0.3, -0.25) is 4.79 Å². The molecule has 170 valence electrons. The van der Waals surface area contributed by atoms with Crippen LogP contribution < -0.4 is 21.3 Å². The first-order valence-corrected chi connectivity index (χ1v) is 11.1. The zero-order chi connectivity index (χ0) is 22.9. The summed E-state index contributed by atoms with van der Waals surface area (Å²) in [6.07, 6.45) is 2.28. The first kappa shape index (κ1) is 23.1. The monoisotopic (exact) mass is 437 g/mol. The van der Waals surface area contributed by atoms with E-state index in [4.69, 9.17) is 0 Å². The largest absolute Gasteiger partial charge is 0.356 e. The van der Waals surface area contributed by atoms with Crippen LogP contribution in [0.15, 0.2) is 48.5 Å². The molecule has 0 aliphatic carbocycles. The fraction of sp³-hybridized carbons (Fsp3) is 0.375. The van der Waals surface area contributed by atoms with Crippen LogP contribution in [0.3, 0.4) is 0 Å². The number of nitrogens with one attached hydrogen (secondary N) is 4. The van der Waals surface area contributed by atoms with E-state index in [2.05, 4.69) is 28.2 Å². The molecule has 0 unspecified atom stereocenters. The second-order valence-corrected chi connectivity index (χ2v) is 7.79. The lowest BCUT2D eigenvalue weighted by molar-refractivity contribution is -0.126. The van der Waals surface area contributed by atoms with Crippen molar-refractivity contribution in [2.75, 3.05) is 35.6 Å². The van der Waals surface area contributed by atoms with E-state index in [0.717, 1.165) is 12.1 Å². The Bertz CT molecular complexity index is 920. The maximum absolute atomic E-state index is 12.5. The Kier molecular flexibility index (Phi) is 8.08. The molecular weight excluding hydrogens is 406 g/mol. The summed E-state index contributed by atoms with van der Waals surface area (Å²) >= 11 is 0. The summed E-state index contributed by atoms with van der Waals surface area (Å²) in [6, 6.07) is 14.1. The Morgan fingerprint density at radius 2 is 1.31 bits per heavy atom. The van der Waals surface area contributed by atoms with Crippen molar-refractivity contribution in [1.82, 2.24) is 10.2 Å². The van der Waals surface area contributed by atoms with Gasteiger partial charge < -0.3 is 26.2 Å². The topological polar surface area (TPSA) is 103 Å². The van der Waals surface area contributed by atoms with Crippen LogP contribution in [0.2, 0.25) is 0 Å². The third-order valence-corrected chi connectivity index (χ3v) is 5.52. The van der Waals surface area contributed by atoms with Crippen molar-refractivity contribution in [3.05, 3.63) is 54.1 Å². The molecule has 0 aromatic heterocycles. The SMILES string of the molecule is CCNC(=O)C1CCN(C(=O)Nc2ccc(NC(=O)Nc3ccc(CC)cc3)cc2)CC1. The summed E-state index contributed by atoms with van der Waals surface area (Å²) in [5.41, 5.74) is 3.19. The number of nitrogens with zero attached hydrogens (tertiary/aromatic N) is 1. The van der Waals surface area contributed by atoms with Crippen LogP contribution in [-0.4, -0.2) is 42.5 Å². The third kappa shape index (κ3) is 6.47. The zero-order valence-electron chi connectivity index (χ0n) is 18.6. The van der Waals surface area contributed by atoms with Gasteiger partial charge in [0.1, 0.15) is 0 Å². The molecule has 0 bridgehead atoms. The van der Waals surface area contributed by atoms with Crippen LogP contribution in [0.5, 0.6) is 0 Å². The number of hydrogen-bond acceptors (Lipinski definition) is 3. The van der Waals surface area contributed by atoms with E-state index in [1.165, 1.54) is 5.56 Å². The van der Waals surface area contributed by atoms with Gasteiger partial charge in [-0.1, -0.05) is 19.1 Å². The van der Waals surface area contributed by atoms with Gasteiger partial charge in [0.05, 0.1) is 0 Å². The van der Waals surface area contributed by atoms with E-state index in [1.807, 2.05) is 31.2 Å². The summed E-state index contributed by atoms with van der Waals surface area (Å²) in [6.45, 7) is 5.70. The first-order chi connectivity index (χ1) is 15.5. The molecule has 8 nitrogen and oxygen atoms in total. The van der Waals surface area contributed by atoms with Gasteiger partial charge in [0, 0.05) is 42.6 Å². The van der Waals surface area contributed by atoms with Gasteiger partial charge in [-0.05, 0) is 68.1 Å². The number of aryl methyl sites for hydroxylation is 1. The van der Waals surface area contributed by atoms with Crippen molar-refractivity contribution in [1.29, 1.82) is 0 Å². The normalized spacial score (nSPS) is 13.9. The lowest BCUT2D eigenvalue weighted by Gasteiger charge is -2.31. The van der Waals surface area contributed by atoms with Crippen LogP contribution in [0.25, 0.3) is 0 Å². The number of rotatable bonds is 6. The van der Waals surface area contributed by atoms with Crippen molar-refractivity contribution in [3.63, 3.8) is 0 Å². The van der Waals surface area contributed by atoms with Crippen molar-refractivity contribution < 1.29 is 14.4 Å². The van der Waals surface area contributed by atoms with Gasteiger partial charge in [0.25, 0.3) is 0 Å². The predicted molar refractivity (Wildman–Crippen MR) is 127 cm³/mol. The molecule has 2 aromatic rings. The van der Waals surface area contributed by atoms with Crippen LogP contribution >= 0.6 is 0 Å². The number of carbonyl (C=O) groups is 3. The Labute approximate surface area is 188 Å². The van der Waals surface area contributed by atoms with Crippen molar-refractivity contribution in [2.24, 2.45) is 5.92 Å². The summed E-state index contributed by atoms with van der Waals surface area (Å²) < 4.78 is 0. The van der Waals surface area contributed by atoms with Crippen molar-refractivity contribution in [2.45, 2.75) is 33.1 Å². The van der Waals surface area contributed by atoms with E-state index in [-0.39, 0.29) is 23.9 Å². The van der Waals surface area contributed by atoms with Crippen LogP contribution in [0.1, 0.15) is 32.3 Å². The number of amides is 5. The van der Waals surface area contributed by atoms with Gasteiger partial charge in [-0.2, -0.15) is 0 Å². The average molecular weight is 438 g/mol. The van der Waals surface area contributed by atoms with Crippen LogP contribution in [0, 0.1) is 5.92 Å². The number of piperidine rings is 1. The quantitative estimate of drug-likeness (QED) is 0.543. The zero-order valence-corrected chi connectivity index (χ0v) is 18.6. The van der Waals surface area contributed by atoms with Gasteiger partial charge in [-0.15, -0.1) is 0 Å². The molecule has 1 aliphatic rings. The highest BCUT2D eigenvalue weighted by Gasteiger charge is 2.27. The number of likely N-dealkylation sites (tertiary alicyclic amines) is 1. The molecule has 5 amide bonds. The van der Waals surface area contributed by atoms with Gasteiger partial charge in [0.15, 0.2) is 0 Å². The minimum Gasteiger partial charge on any atom is -0.356 e. The molecule has 2 aromatic carbocycles. The third-order valence-electron chi connectivity index (χ3n) is 5.52. The van der Waals surface area contributed by atoms with Gasteiger partial charge in [-0.25, -0.2) is 9.59 Å². The first-order valence-electron chi connectivity index (χ1n) is 11.1. The highest BCUT2D eigenvalue weighted by molar-refractivity contribution is 6.00. The number of benzene rings is 2. The minimum atomic E-state index is -0.332. The maximum Gasteiger partial charge on any atom is 0.323 e. The molecule has 4 N–H and O–H groups in total. The number of carbonyl (C=O) groups excluding carboxylic acids is 3. The van der Waals surface area contributed by atoms with E-state index in [1.54, 1.807) is 29.2 Å². The summed E-state index contributed by atoms with van der Waals surface area (Å²) in [5, 5.41) is 11.3. The molecule has 3 rings (SSSR count).